The van der Waals surface area contributed by atoms with Crippen LogP contribution in [0.2, 0.25) is 0 Å². The van der Waals surface area contributed by atoms with E-state index in [1.54, 1.807) is 7.11 Å². The second-order valence-electron chi connectivity index (χ2n) is 6.28. The third-order valence-electron chi connectivity index (χ3n) is 4.42. The summed E-state index contributed by atoms with van der Waals surface area (Å²) in [5.41, 5.74) is 7.39. The highest BCUT2D eigenvalue weighted by atomic mass is 16.5. The fourth-order valence-electron chi connectivity index (χ4n) is 2.85. The van der Waals surface area contributed by atoms with E-state index < -0.39 is 0 Å². The van der Waals surface area contributed by atoms with Crippen LogP contribution in [0, 0.1) is 0 Å². The zero-order valence-electron chi connectivity index (χ0n) is 13.3. The molecule has 0 spiro atoms. The van der Waals surface area contributed by atoms with Crippen LogP contribution in [0.1, 0.15) is 45.1 Å². The SMILES string of the molecule is COC1(CC(=O)N(Cc2cccc(N)c2)C(C)C)CCC1. The summed E-state index contributed by atoms with van der Waals surface area (Å²) in [6.07, 6.45) is 3.60. The molecule has 0 radical (unpaired) electrons. The van der Waals surface area contributed by atoms with Gasteiger partial charge in [-0.3, -0.25) is 4.79 Å². The van der Waals surface area contributed by atoms with E-state index in [9.17, 15) is 4.79 Å². The van der Waals surface area contributed by atoms with Gasteiger partial charge in [-0.05, 0) is 50.8 Å². The van der Waals surface area contributed by atoms with Crippen LogP contribution in [0.4, 0.5) is 5.69 Å². The molecule has 4 heteroatoms. The minimum absolute atomic E-state index is 0.160. The monoisotopic (exact) mass is 290 g/mol. The summed E-state index contributed by atoms with van der Waals surface area (Å²) in [5.74, 6) is 0.161. The molecule has 1 aromatic carbocycles. The minimum Gasteiger partial charge on any atom is -0.399 e. The summed E-state index contributed by atoms with van der Waals surface area (Å²) in [4.78, 5) is 14.6. The highest BCUT2D eigenvalue weighted by Crippen LogP contribution is 2.38. The predicted molar refractivity (Wildman–Crippen MR) is 84.7 cm³/mol. The van der Waals surface area contributed by atoms with Crippen molar-refractivity contribution in [2.45, 2.75) is 57.7 Å². The van der Waals surface area contributed by atoms with Crippen molar-refractivity contribution in [3.63, 3.8) is 0 Å². The zero-order chi connectivity index (χ0) is 15.5. The number of amides is 1. The number of nitrogens with zero attached hydrogens (tertiary/aromatic N) is 1. The molecule has 116 valence electrons. The van der Waals surface area contributed by atoms with Gasteiger partial charge in [-0.2, -0.15) is 0 Å². The van der Waals surface area contributed by atoms with E-state index in [-0.39, 0.29) is 17.6 Å². The Labute approximate surface area is 127 Å². The van der Waals surface area contributed by atoms with Gasteiger partial charge in [-0.25, -0.2) is 0 Å². The Morgan fingerprint density at radius 3 is 2.62 bits per heavy atom. The van der Waals surface area contributed by atoms with E-state index in [1.165, 1.54) is 0 Å². The standard InChI is InChI=1S/C17H26N2O2/c1-13(2)19(12-14-6-4-7-15(18)10-14)16(20)11-17(21-3)8-5-9-17/h4,6-7,10,13H,5,8-9,11-12,18H2,1-3H3. The summed E-state index contributed by atoms with van der Waals surface area (Å²) >= 11 is 0. The van der Waals surface area contributed by atoms with E-state index >= 15 is 0 Å². The summed E-state index contributed by atoms with van der Waals surface area (Å²) in [7, 11) is 1.71. The van der Waals surface area contributed by atoms with Crippen molar-refractivity contribution in [1.82, 2.24) is 4.90 Å². The molecule has 0 bridgehead atoms. The number of hydrogen-bond donors (Lipinski definition) is 1. The normalized spacial score (nSPS) is 16.6. The summed E-state index contributed by atoms with van der Waals surface area (Å²) in [5, 5.41) is 0. The Morgan fingerprint density at radius 1 is 1.43 bits per heavy atom. The maximum atomic E-state index is 12.7. The zero-order valence-corrected chi connectivity index (χ0v) is 13.3. The number of nitrogens with two attached hydrogens (primary N) is 1. The Bertz CT molecular complexity index is 490. The smallest absolute Gasteiger partial charge is 0.226 e. The molecule has 1 fully saturated rings. The third kappa shape index (κ3) is 3.76. The van der Waals surface area contributed by atoms with Crippen molar-refractivity contribution in [2.75, 3.05) is 12.8 Å². The molecule has 1 aromatic rings. The maximum absolute atomic E-state index is 12.7. The number of benzene rings is 1. The van der Waals surface area contributed by atoms with Gasteiger partial charge in [-0.1, -0.05) is 12.1 Å². The molecule has 0 aliphatic heterocycles. The van der Waals surface area contributed by atoms with Crippen LogP contribution in [-0.4, -0.2) is 29.6 Å². The van der Waals surface area contributed by atoms with Crippen molar-refractivity contribution < 1.29 is 9.53 Å². The fraction of sp³-hybridized carbons (Fsp3) is 0.588. The molecule has 4 nitrogen and oxygen atoms in total. The molecule has 1 aliphatic carbocycles. The van der Waals surface area contributed by atoms with E-state index in [4.69, 9.17) is 10.5 Å². The molecule has 1 aliphatic rings. The average Bonchev–Trinajstić information content (AvgIpc) is 2.39. The molecular weight excluding hydrogens is 264 g/mol. The second-order valence-corrected chi connectivity index (χ2v) is 6.28. The third-order valence-corrected chi connectivity index (χ3v) is 4.42. The molecule has 1 amide bonds. The van der Waals surface area contributed by atoms with E-state index in [0.29, 0.717) is 13.0 Å². The van der Waals surface area contributed by atoms with Gasteiger partial charge in [-0.15, -0.1) is 0 Å². The number of nitrogen functional groups attached to an aromatic ring is 1. The first-order chi connectivity index (χ1) is 9.96. The number of hydrogen-bond acceptors (Lipinski definition) is 3. The van der Waals surface area contributed by atoms with Gasteiger partial charge >= 0.3 is 0 Å². The van der Waals surface area contributed by atoms with Crippen molar-refractivity contribution in [3.05, 3.63) is 29.8 Å². The Balaban J connectivity index is 2.06. The molecule has 2 rings (SSSR count). The quantitative estimate of drug-likeness (QED) is 0.819. The lowest BCUT2D eigenvalue weighted by Crippen LogP contribution is -2.46. The minimum atomic E-state index is -0.222. The first-order valence-corrected chi connectivity index (χ1v) is 7.65. The topological polar surface area (TPSA) is 55.6 Å². The molecule has 0 heterocycles. The van der Waals surface area contributed by atoms with Gasteiger partial charge in [0.15, 0.2) is 0 Å². The number of methoxy groups -OCH3 is 1. The number of anilines is 1. The van der Waals surface area contributed by atoms with Gasteiger partial charge < -0.3 is 15.4 Å². The summed E-state index contributed by atoms with van der Waals surface area (Å²) < 4.78 is 5.58. The number of carbonyl (C=O) groups is 1. The van der Waals surface area contributed by atoms with Crippen molar-refractivity contribution >= 4 is 11.6 Å². The highest BCUT2D eigenvalue weighted by Gasteiger charge is 2.40. The average molecular weight is 290 g/mol. The fourth-order valence-corrected chi connectivity index (χ4v) is 2.85. The molecule has 1 saturated carbocycles. The number of ether oxygens (including phenoxy) is 1. The Hall–Kier alpha value is -1.55. The maximum Gasteiger partial charge on any atom is 0.226 e. The van der Waals surface area contributed by atoms with Gasteiger partial charge in [0.05, 0.1) is 12.0 Å². The van der Waals surface area contributed by atoms with Crippen LogP contribution in [-0.2, 0) is 16.1 Å². The van der Waals surface area contributed by atoms with Crippen molar-refractivity contribution in [3.8, 4) is 0 Å². The summed E-state index contributed by atoms with van der Waals surface area (Å²) in [6, 6.07) is 7.88. The van der Waals surface area contributed by atoms with Crippen LogP contribution < -0.4 is 5.73 Å². The number of carbonyl (C=O) groups excluding carboxylic acids is 1. The Morgan fingerprint density at radius 2 is 2.14 bits per heavy atom. The van der Waals surface area contributed by atoms with Crippen LogP contribution in [0.25, 0.3) is 0 Å². The summed E-state index contributed by atoms with van der Waals surface area (Å²) in [6.45, 7) is 4.69. The van der Waals surface area contributed by atoms with Crippen LogP contribution >= 0.6 is 0 Å². The van der Waals surface area contributed by atoms with Gasteiger partial charge in [0, 0.05) is 25.4 Å². The Kier molecular flexibility index (Phi) is 4.88. The molecule has 0 unspecified atom stereocenters. The van der Waals surface area contributed by atoms with Crippen LogP contribution in [0.3, 0.4) is 0 Å². The van der Waals surface area contributed by atoms with Crippen LogP contribution in [0.15, 0.2) is 24.3 Å². The van der Waals surface area contributed by atoms with E-state index in [1.807, 2.05) is 43.0 Å². The molecule has 0 aromatic heterocycles. The first kappa shape index (κ1) is 15.8. The van der Waals surface area contributed by atoms with E-state index in [0.717, 1.165) is 30.5 Å². The van der Waals surface area contributed by atoms with Crippen molar-refractivity contribution in [1.29, 1.82) is 0 Å². The lowest BCUT2D eigenvalue weighted by Gasteiger charge is -2.41. The van der Waals surface area contributed by atoms with Gasteiger partial charge in [0.1, 0.15) is 0 Å². The lowest BCUT2D eigenvalue weighted by atomic mass is 9.77. The lowest BCUT2D eigenvalue weighted by molar-refractivity contribution is -0.146. The van der Waals surface area contributed by atoms with E-state index in [2.05, 4.69) is 0 Å². The molecule has 0 atom stereocenters. The van der Waals surface area contributed by atoms with Crippen LogP contribution in [0.5, 0.6) is 0 Å². The predicted octanol–water partition coefficient (Wildman–Crippen LogP) is 2.97. The first-order valence-electron chi connectivity index (χ1n) is 7.65. The molecule has 0 saturated heterocycles. The number of rotatable bonds is 6. The van der Waals surface area contributed by atoms with Gasteiger partial charge in [0.25, 0.3) is 0 Å². The molecular formula is C17H26N2O2. The second kappa shape index (κ2) is 6.48. The van der Waals surface area contributed by atoms with Gasteiger partial charge in [0.2, 0.25) is 5.91 Å². The molecule has 2 N–H and O–H groups in total. The highest BCUT2D eigenvalue weighted by molar-refractivity contribution is 5.77. The van der Waals surface area contributed by atoms with Crippen molar-refractivity contribution in [2.24, 2.45) is 0 Å². The largest absolute Gasteiger partial charge is 0.399 e. The molecule has 21 heavy (non-hydrogen) atoms.